The minimum Gasteiger partial charge on any atom is -0.504 e. The molecule has 1 fully saturated rings. The molecule has 13 heteroatoms. The Labute approximate surface area is 240 Å². The number of halogens is 2. The summed E-state index contributed by atoms with van der Waals surface area (Å²) in [6, 6.07) is 9.01. The van der Waals surface area contributed by atoms with Gasteiger partial charge in [0.05, 0.1) is 24.2 Å². The number of amidine groups is 2. The fraction of sp³-hybridized carbons (Fsp3) is 0.310. The van der Waals surface area contributed by atoms with Gasteiger partial charge in [0, 0.05) is 30.9 Å². The number of rotatable bonds is 9. The minimum absolute atomic E-state index is 0.0798. The molecule has 2 heterocycles. The van der Waals surface area contributed by atoms with Gasteiger partial charge in [-0.15, -0.1) is 0 Å². The number of phenolic OH excluding ortho intramolecular Hbond substituents is 1. The normalized spacial score (nSPS) is 18.4. The number of carbonyl (C=O) groups is 1. The highest BCUT2D eigenvalue weighted by molar-refractivity contribution is 6.02. The number of pyridine rings is 1. The SMILES string of the molecule is CN1CCN=C1c1cc(NC2CCC(C(=O)O)CC2)ccc1Oc1c(F)cnc(Oc2cc(C(=N)N)ccc2O)c1F. The summed E-state index contributed by atoms with van der Waals surface area (Å²) in [6.45, 7) is 1.20. The Morgan fingerprint density at radius 1 is 1.12 bits per heavy atom. The van der Waals surface area contributed by atoms with Gasteiger partial charge in [-0.2, -0.15) is 4.39 Å². The molecule has 11 nitrogen and oxygen atoms in total. The number of hydrogen-bond donors (Lipinski definition) is 5. The summed E-state index contributed by atoms with van der Waals surface area (Å²) in [5.74, 6) is -5.03. The lowest BCUT2D eigenvalue weighted by Crippen LogP contribution is -2.29. The minimum atomic E-state index is -1.24. The molecular weight excluding hydrogens is 550 g/mol. The monoisotopic (exact) mass is 580 g/mol. The van der Waals surface area contributed by atoms with Gasteiger partial charge in [-0.05, 0) is 62.1 Å². The average molecular weight is 581 g/mol. The van der Waals surface area contributed by atoms with E-state index in [-0.39, 0.29) is 40.6 Å². The number of likely N-dealkylation sites (N-methyl/N-ethyl adjacent to an activating group) is 1. The molecule has 0 bridgehead atoms. The first-order valence-electron chi connectivity index (χ1n) is 13.4. The fourth-order valence-corrected chi connectivity index (χ4v) is 5.00. The van der Waals surface area contributed by atoms with Crippen molar-refractivity contribution in [2.75, 3.05) is 25.5 Å². The van der Waals surface area contributed by atoms with Crippen LogP contribution in [0.5, 0.6) is 28.9 Å². The summed E-state index contributed by atoms with van der Waals surface area (Å²) in [4.78, 5) is 21.4. The standard InChI is InChI=1S/C29H30F2N6O5/c1-37-11-10-34-27(37)19-13-18(36-17-5-2-15(3-6-17)29(39)40)7-9-22(19)41-25-20(30)14-35-28(24(25)31)42-23-12-16(26(32)33)4-8-21(23)38/h4,7-9,12-15,17,36,38H,2-3,5-6,10-11H2,1H3,(H3,32,33)(H,39,40). The number of aliphatic carboxylic acids is 1. The Balaban J connectivity index is 1.43. The molecular formula is C29H30F2N6O5. The molecule has 0 radical (unpaired) electrons. The van der Waals surface area contributed by atoms with Crippen LogP contribution in [-0.4, -0.2) is 63.9 Å². The van der Waals surface area contributed by atoms with Crippen molar-refractivity contribution in [3.05, 3.63) is 65.4 Å². The van der Waals surface area contributed by atoms with E-state index in [0.717, 1.165) is 11.9 Å². The first-order chi connectivity index (χ1) is 20.1. The molecule has 2 aromatic carbocycles. The van der Waals surface area contributed by atoms with Crippen LogP contribution in [-0.2, 0) is 4.79 Å². The van der Waals surface area contributed by atoms with Crippen LogP contribution in [0.15, 0.2) is 47.6 Å². The van der Waals surface area contributed by atoms with Crippen LogP contribution in [0.25, 0.3) is 0 Å². The van der Waals surface area contributed by atoms with E-state index in [0.29, 0.717) is 50.2 Å². The number of nitrogen functional groups attached to an aromatic ring is 1. The summed E-state index contributed by atoms with van der Waals surface area (Å²) in [5.41, 5.74) is 6.95. The highest BCUT2D eigenvalue weighted by atomic mass is 19.1. The van der Waals surface area contributed by atoms with E-state index in [4.69, 9.17) is 20.6 Å². The van der Waals surface area contributed by atoms with Crippen molar-refractivity contribution in [2.45, 2.75) is 31.7 Å². The number of carboxylic acid groups (broad SMARTS) is 1. The Bertz CT molecular complexity index is 1560. The number of aromatic nitrogens is 1. The van der Waals surface area contributed by atoms with E-state index in [1.807, 2.05) is 11.9 Å². The smallest absolute Gasteiger partial charge is 0.306 e. The van der Waals surface area contributed by atoms with E-state index in [2.05, 4.69) is 15.3 Å². The zero-order valence-corrected chi connectivity index (χ0v) is 22.7. The van der Waals surface area contributed by atoms with Gasteiger partial charge in [-0.3, -0.25) is 15.2 Å². The molecule has 0 saturated heterocycles. The number of nitrogens with two attached hydrogens (primary N) is 1. The largest absolute Gasteiger partial charge is 0.504 e. The van der Waals surface area contributed by atoms with Gasteiger partial charge < -0.3 is 35.6 Å². The molecule has 5 rings (SSSR count). The van der Waals surface area contributed by atoms with Crippen LogP contribution in [0.4, 0.5) is 14.5 Å². The molecule has 6 N–H and O–H groups in total. The second kappa shape index (κ2) is 11.9. The lowest BCUT2D eigenvalue weighted by molar-refractivity contribution is -0.142. The number of aliphatic imine (C=N–C) groups is 1. The lowest BCUT2D eigenvalue weighted by Gasteiger charge is -2.28. The van der Waals surface area contributed by atoms with Crippen LogP contribution in [0.1, 0.15) is 36.8 Å². The first kappa shape index (κ1) is 28.6. The molecule has 1 aliphatic heterocycles. The molecule has 0 spiro atoms. The number of nitrogens with zero attached hydrogens (tertiary/aromatic N) is 3. The summed E-state index contributed by atoms with van der Waals surface area (Å²) < 4.78 is 41.7. The maximum atomic E-state index is 15.6. The molecule has 0 amide bonds. The summed E-state index contributed by atoms with van der Waals surface area (Å²) >= 11 is 0. The summed E-state index contributed by atoms with van der Waals surface area (Å²) in [6.07, 6.45) is 3.30. The average Bonchev–Trinajstić information content (AvgIpc) is 3.39. The number of benzene rings is 2. The van der Waals surface area contributed by atoms with Gasteiger partial charge in [0.1, 0.15) is 17.4 Å². The zero-order valence-electron chi connectivity index (χ0n) is 22.7. The van der Waals surface area contributed by atoms with Crippen molar-refractivity contribution in [3.8, 4) is 28.9 Å². The highest BCUT2D eigenvalue weighted by Crippen LogP contribution is 2.38. The maximum absolute atomic E-state index is 15.6. The molecule has 42 heavy (non-hydrogen) atoms. The van der Waals surface area contributed by atoms with Gasteiger partial charge in [0.15, 0.2) is 17.3 Å². The van der Waals surface area contributed by atoms with Crippen molar-refractivity contribution in [1.82, 2.24) is 9.88 Å². The Morgan fingerprint density at radius 3 is 2.55 bits per heavy atom. The van der Waals surface area contributed by atoms with Crippen molar-refractivity contribution >= 4 is 23.3 Å². The van der Waals surface area contributed by atoms with Gasteiger partial charge in [0.2, 0.25) is 11.6 Å². The molecule has 3 aromatic rings. The lowest BCUT2D eigenvalue weighted by atomic mass is 9.86. The summed E-state index contributed by atoms with van der Waals surface area (Å²) in [5, 5.41) is 30.4. The Hall–Kier alpha value is -4.94. The van der Waals surface area contributed by atoms with Crippen LogP contribution in [0, 0.1) is 23.0 Å². The fourth-order valence-electron chi connectivity index (χ4n) is 5.00. The number of aromatic hydroxyl groups is 1. The second-order valence-electron chi connectivity index (χ2n) is 10.2. The van der Waals surface area contributed by atoms with Crippen molar-refractivity contribution in [3.63, 3.8) is 0 Å². The third-order valence-electron chi connectivity index (χ3n) is 7.31. The highest BCUT2D eigenvalue weighted by Gasteiger charge is 2.28. The first-order valence-corrected chi connectivity index (χ1v) is 13.4. The molecule has 0 atom stereocenters. The Kier molecular flexibility index (Phi) is 8.09. The topological polar surface area (TPSA) is 166 Å². The molecule has 0 unspecified atom stereocenters. The predicted octanol–water partition coefficient (Wildman–Crippen LogP) is 4.68. The van der Waals surface area contributed by atoms with Crippen LogP contribution >= 0.6 is 0 Å². The van der Waals surface area contributed by atoms with Crippen LogP contribution < -0.4 is 20.5 Å². The zero-order chi connectivity index (χ0) is 30.0. The quantitative estimate of drug-likeness (QED) is 0.178. The number of carboxylic acids is 1. The van der Waals surface area contributed by atoms with E-state index in [1.54, 1.807) is 18.2 Å². The van der Waals surface area contributed by atoms with Crippen molar-refractivity contribution in [1.29, 1.82) is 5.41 Å². The van der Waals surface area contributed by atoms with E-state index in [1.165, 1.54) is 18.2 Å². The van der Waals surface area contributed by atoms with Crippen LogP contribution in [0.3, 0.4) is 0 Å². The third kappa shape index (κ3) is 6.04. The number of hydrogen-bond acceptors (Lipinski definition) is 9. The number of ether oxygens (including phenoxy) is 2. The predicted molar refractivity (Wildman–Crippen MR) is 151 cm³/mol. The maximum Gasteiger partial charge on any atom is 0.306 e. The van der Waals surface area contributed by atoms with E-state index < -0.39 is 29.2 Å². The number of phenols is 1. The van der Waals surface area contributed by atoms with Gasteiger partial charge in [0.25, 0.3) is 5.88 Å². The van der Waals surface area contributed by atoms with Crippen LogP contribution in [0.2, 0.25) is 0 Å². The Morgan fingerprint density at radius 2 is 1.88 bits per heavy atom. The molecule has 1 saturated carbocycles. The number of anilines is 1. The van der Waals surface area contributed by atoms with Crippen molar-refractivity contribution in [2.24, 2.45) is 16.6 Å². The van der Waals surface area contributed by atoms with Gasteiger partial charge in [-0.1, -0.05) is 0 Å². The van der Waals surface area contributed by atoms with Gasteiger partial charge >= 0.3 is 5.97 Å². The summed E-state index contributed by atoms with van der Waals surface area (Å²) in [7, 11) is 1.85. The number of nitrogens with one attached hydrogen (secondary N) is 2. The molecule has 2 aliphatic rings. The third-order valence-corrected chi connectivity index (χ3v) is 7.31. The van der Waals surface area contributed by atoms with E-state index in [9.17, 15) is 19.4 Å². The molecule has 220 valence electrons. The molecule has 1 aromatic heterocycles. The van der Waals surface area contributed by atoms with Gasteiger partial charge in [-0.25, -0.2) is 9.37 Å². The second-order valence-corrected chi connectivity index (χ2v) is 10.2. The molecule has 1 aliphatic carbocycles. The van der Waals surface area contributed by atoms with E-state index >= 15 is 4.39 Å². The van der Waals surface area contributed by atoms with Crippen molar-refractivity contribution < 1.29 is 33.3 Å².